The third kappa shape index (κ3) is 4.75. The number of pyridine rings is 2. The number of benzene rings is 1. The number of nitrogens with one attached hydrogen (secondary N) is 1. The molecule has 1 saturated carbocycles. The molecule has 4 rings (SSSR count). The fourth-order valence-electron chi connectivity index (χ4n) is 4.69. The zero-order chi connectivity index (χ0) is 20.9. The van der Waals surface area contributed by atoms with Crippen LogP contribution in [-0.4, -0.2) is 23.1 Å². The maximum absolute atomic E-state index is 5.25. The largest absolute Gasteiger partial charge is 0.481 e. The van der Waals surface area contributed by atoms with Crippen molar-refractivity contribution in [3.8, 4) is 5.88 Å². The van der Waals surface area contributed by atoms with E-state index in [-0.39, 0.29) is 0 Å². The molecule has 1 N–H and O–H groups in total. The molecule has 0 bridgehead atoms. The Bertz CT molecular complexity index is 977. The molecule has 0 radical (unpaired) electrons. The normalized spacial score (nSPS) is 19.2. The Balaban J connectivity index is 1.49. The van der Waals surface area contributed by atoms with Crippen molar-refractivity contribution in [1.29, 1.82) is 0 Å². The number of aryl methyl sites for hydroxylation is 2. The summed E-state index contributed by atoms with van der Waals surface area (Å²) < 4.78 is 5.25. The third-order valence-electron chi connectivity index (χ3n) is 6.62. The van der Waals surface area contributed by atoms with Gasteiger partial charge in [-0.3, -0.25) is 0 Å². The van der Waals surface area contributed by atoms with Crippen molar-refractivity contribution >= 4 is 16.6 Å². The summed E-state index contributed by atoms with van der Waals surface area (Å²) in [5.74, 6) is 3.38. The number of rotatable bonds is 7. The summed E-state index contributed by atoms with van der Waals surface area (Å²) in [6, 6.07) is 13.3. The Morgan fingerprint density at radius 3 is 2.50 bits per heavy atom. The van der Waals surface area contributed by atoms with Gasteiger partial charge in [-0.2, -0.15) is 0 Å². The first-order chi connectivity index (χ1) is 14.6. The highest BCUT2D eigenvalue weighted by Crippen LogP contribution is 2.33. The SMILES string of the molecule is COc1cc(CCc2cnc(NC3CCC(C(C)C)CC3)c3ccccc23)ccn1. The van der Waals surface area contributed by atoms with Gasteiger partial charge in [0, 0.05) is 29.9 Å². The quantitative estimate of drug-likeness (QED) is 0.522. The van der Waals surface area contributed by atoms with Crippen LogP contribution in [0.15, 0.2) is 48.8 Å². The molecule has 3 aromatic rings. The molecule has 1 aliphatic carbocycles. The Morgan fingerprint density at radius 2 is 1.77 bits per heavy atom. The minimum Gasteiger partial charge on any atom is -0.481 e. The fourth-order valence-corrected chi connectivity index (χ4v) is 4.69. The van der Waals surface area contributed by atoms with E-state index in [4.69, 9.17) is 9.72 Å². The van der Waals surface area contributed by atoms with E-state index >= 15 is 0 Å². The Hall–Kier alpha value is -2.62. The first-order valence-corrected chi connectivity index (χ1v) is 11.3. The van der Waals surface area contributed by atoms with Crippen molar-refractivity contribution in [3.05, 3.63) is 59.9 Å². The summed E-state index contributed by atoms with van der Waals surface area (Å²) in [5.41, 5.74) is 2.52. The molecule has 1 fully saturated rings. The number of methoxy groups -OCH3 is 1. The number of nitrogens with zero attached hydrogens (tertiary/aromatic N) is 2. The summed E-state index contributed by atoms with van der Waals surface area (Å²) in [6.45, 7) is 4.71. The van der Waals surface area contributed by atoms with Crippen LogP contribution < -0.4 is 10.1 Å². The third-order valence-corrected chi connectivity index (χ3v) is 6.62. The minimum atomic E-state index is 0.533. The van der Waals surface area contributed by atoms with Crippen LogP contribution >= 0.6 is 0 Å². The minimum absolute atomic E-state index is 0.533. The van der Waals surface area contributed by atoms with E-state index in [1.165, 1.54) is 47.6 Å². The van der Waals surface area contributed by atoms with E-state index < -0.39 is 0 Å². The predicted molar refractivity (Wildman–Crippen MR) is 124 cm³/mol. The van der Waals surface area contributed by atoms with Crippen LogP contribution in [0.1, 0.15) is 50.7 Å². The lowest BCUT2D eigenvalue weighted by Gasteiger charge is -2.31. The Kier molecular flexibility index (Phi) is 6.51. The molecule has 0 atom stereocenters. The zero-order valence-electron chi connectivity index (χ0n) is 18.4. The number of anilines is 1. The van der Waals surface area contributed by atoms with Gasteiger partial charge in [0.15, 0.2) is 0 Å². The highest BCUT2D eigenvalue weighted by Gasteiger charge is 2.23. The van der Waals surface area contributed by atoms with Gasteiger partial charge in [0.05, 0.1) is 7.11 Å². The van der Waals surface area contributed by atoms with Crippen molar-refractivity contribution in [2.75, 3.05) is 12.4 Å². The maximum atomic E-state index is 5.25. The average Bonchev–Trinajstić information content (AvgIpc) is 2.79. The van der Waals surface area contributed by atoms with E-state index in [0.29, 0.717) is 11.9 Å². The predicted octanol–water partition coefficient (Wildman–Crippen LogP) is 6.05. The summed E-state index contributed by atoms with van der Waals surface area (Å²) >= 11 is 0. The monoisotopic (exact) mass is 403 g/mol. The molecule has 0 aliphatic heterocycles. The van der Waals surface area contributed by atoms with Gasteiger partial charge in [0.1, 0.15) is 5.82 Å². The van der Waals surface area contributed by atoms with Crippen molar-refractivity contribution < 1.29 is 4.74 Å². The molecule has 0 spiro atoms. The van der Waals surface area contributed by atoms with Crippen molar-refractivity contribution in [2.45, 2.75) is 58.4 Å². The molecule has 0 unspecified atom stereocenters. The number of fused-ring (bicyclic) bond motifs is 1. The van der Waals surface area contributed by atoms with Crippen LogP contribution in [0.5, 0.6) is 5.88 Å². The number of hydrogen-bond acceptors (Lipinski definition) is 4. The van der Waals surface area contributed by atoms with Gasteiger partial charge in [-0.05, 0) is 72.9 Å². The molecule has 4 nitrogen and oxygen atoms in total. The second-order valence-electron chi connectivity index (χ2n) is 8.88. The first-order valence-electron chi connectivity index (χ1n) is 11.3. The number of aromatic nitrogens is 2. The van der Waals surface area contributed by atoms with Gasteiger partial charge in [0.2, 0.25) is 5.88 Å². The van der Waals surface area contributed by atoms with Crippen LogP contribution in [0.4, 0.5) is 5.82 Å². The van der Waals surface area contributed by atoms with Gasteiger partial charge in [-0.1, -0.05) is 38.1 Å². The Labute approximate surface area is 180 Å². The van der Waals surface area contributed by atoms with Gasteiger partial charge in [-0.15, -0.1) is 0 Å². The van der Waals surface area contributed by atoms with Crippen LogP contribution in [0.25, 0.3) is 10.8 Å². The summed E-state index contributed by atoms with van der Waals surface area (Å²) in [4.78, 5) is 9.05. The topological polar surface area (TPSA) is 47.0 Å². The lowest BCUT2D eigenvalue weighted by atomic mass is 9.79. The summed E-state index contributed by atoms with van der Waals surface area (Å²) in [6.07, 6.45) is 10.9. The van der Waals surface area contributed by atoms with E-state index in [1.807, 2.05) is 12.3 Å². The smallest absolute Gasteiger partial charge is 0.213 e. The second kappa shape index (κ2) is 9.46. The van der Waals surface area contributed by atoms with Gasteiger partial charge in [-0.25, -0.2) is 9.97 Å². The number of ether oxygens (including phenoxy) is 1. The van der Waals surface area contributed by atoms with Gasteiger partial charge in [0.25, 0.3) is 0 Å². The van der Waals surface area contributed by atoms with Crippen molar-refractivity contribution in [3.63, 3.8) is 0 Å². The highest BCUT2D eigenvalue weighted by atomic mass is 16.5. The van der Waals surface area contributed by atoms with E-state index in [2.05, 4.69) is 60.7 Å². The molecular weight excluding hydrogens is 370 g/mol. The van der Waals surface area contributed by atoms with E-state index in [0.717, 1.165) is 30.5 Å². The lowest BCUT2D eigenvalue weighted by Crippen LogP contribution is -2.28. The van der Waals surface area contributed by atoms with Crippen LogP contribution in [0.3, 0.4) is 0 Å². The van der Waals surface area contributed by atoms with Crippen LogP contribution in [0, 0.1) is 11.8 Å². The molecule has 30 heavy (non-hydrogen) atoms. The summed E-state index contributed by atoms with van der Waals surface area (Å²) in [5, 5.41) is 6.29. The highest BCUT2D eigenvalue weighted by molar-refractivity contribution is 5.94. The molecule has 0 amide bonds. The zero-order valence-corrected chi connectivity index (χ0v) is 18.4. The molecule has 2 aromatic heterocycles. The van der Waals surface area contributed by atoms with Crippen molar-refractivity contribution in [1.82, 2.24) is 9.97 Å². The van der Waals surface area contributed by atoms with Gasteiger partial charge >= 0.3 is 0 Å². The molecule has 0 saturated heterocycles. The number of hydrogen-bond donors (Lipinski definition) is 1. The standard InChI is InChI=1S/C26H33N3O/c1-18(2)20-10-12-22(13-11-20)29-26-24-7-5-4-6-23(24)21(17-28-26)9-8-19-14-15-27-25(16-19)30-3/h4-7,14-18,20,22H,8-13H2,1-3H3,(H,28,29). The van der Waals surface area contributed by atoms with Crippen molar-refractivity contribution in [2.24, 2.45) is 11.8 Å². The molecule has 2 heterocycles. The first kappa shape index (κ1) is 20.6. The van der Waals surface area contributed by atoms with Crippen LogP contribution in [0.2, 0.25) is 0 Å². The van der Waals surface area contributed by atoms with E-state index in [9.17, 15) is 0 Å². The molecular formula is C26H33N3O. The van der Waals surface area contributed by atoms with E-state index in [1.54, 1.807) is 7.11 Å². The molecule has 158 valence electrons. The van der Waals surface area contributed by atoms with Gasteiger partial charge < -0.3 is 10.1 Å². The van der Waals surface area contributed by atoms with Crippen LogP contribution in [-0.2, 0) is 12.8 Å². The average molecular weight is 404 g/mol. The maximum Gasteiger partial charge on any atom is 0.213 e. The second-order valence-corrected chi connectivity index (χ2v) is 8.88. The molecule has 4 heteroatoms. The molecule has 1 aliphatic rings. The fraction of sp³-hybridized carbons (Fsp3) is 0.462. The summed E-state index contributed by atoms with van der Waals surface area (Å²) in [7, 11) is 1.66. The molecule has 1 aromatic carbocycles. The lowest BCUT2D eigenvalue weighted by molar-refractivity contribution is 0.267. The Morgan fingerprint density at radius 1 is 1.00 bits per heavy atom.